The van der Waals surface area contributed by atoms with Crippen molar-refractivity contribution in [3.8, 4) is 0 Å². The summed E-state index contributed by atoms with van der Waals surface area (Å²) in [4.78, 5) is 4.48. The fraction of sp³-hybridized carbons (Fsp3) is 0.143. The first kappa shape index (κ1) is 17.0. The van der Waals surface area contributed by atoms with Crippen molar-refractivity contribution < 1.29 is 8.78 Å². The number of hydrogen-bond donors (Lipinski definition) is 0. The summed E-state index contributed by atoms with van der Waals surface area (Å²) in [5.41, 5.74) is 3.05. The van der Waals surface area contributed by atoms with E-state index in [1.807, 2.05) is 12.1 Å². The highest BCUT2D eigenvalue weighted by atomic mass is 79.9. The average molecular weight is 415 g/mol. The summed E-state index contributed by atoms with van der Waals surface area (Å²) in [5.74, 6) is -0.493. The molecule has 0 spiro atoms. The molecule has 0 atom stereocenters. The lowest BCUT2D eigenvalue weighted by molar-refractivity contribution is 0.626. The van der Waals surface area contributed by atoms with Gasteiger partial charge in [-0.1, -0.05) is 28.1 Å². The van der Waals surface area contributed by atoms with E-state index in [0.717, 1.165) is 34.5 Å². The molecule has 0 radical (unpaired) electrons. The topological polar surface area (TPSA) is 6.48 Å². The van der Waals surface area contributed by atoms with Crippen LogP contribution in [0.3, 0.4) is 0 Å². The van der Waals surface area contributed by atoms with Crippen LogP contribution in [0.2, 0.25) is 0 Å². The summed E-state index contributed by atoms with van der Waals surface area (Å²) >= 11 is 3.48. The Morgan fingerprint density at radius 3 is 1.50 bits per heavy atom. The predicted molar refractivity (Wildman–Crippen MR) is 104 cm³/mol. The van der Waals surface area contributed by atoms with Crippen LogP contribution in [0.1, 0.15) is 11.7 Å². The molecule has 0 aliphatic carbocycles. The molecule has 3 aromatic rings. The Labute approximate surface area is 159 Å². The molecule has 0 unspecified atom stereocenters. The van der Waals surface area contributed by atoms with E-state index in [2.05, 4.69) is 37.9 Å². The van der Waals surface area contributed by atoms with Crippen molar-refractivity contribution in [2.45, 2.75) is 6.17 Å². The normalized spacial score (nSPS) is 14.9. The van der Waals surface area contributed by atoms with Crippen LogP contribution in [0.5, 0.6) is 0 Å². The summed E-state index contributed by atoms with van der Waals surface area (Å²) in [6.45, 7) is 1.59. The minimum atomic E-state index is -0.247. The monoisotopic (exact) mass is 414 g/mol. The second-order valence-electron chi connectivity index (χ2n) is 6.26. The third kappa shape index (κ3) is 3.31. The number of hydrogen-bond acceptors (Lipinski definition) is 2. The van der Waals surface area contributed by atoms with Crippen LogP contribution in [0.15, 0.2) is 77.3 Å². The average Bonchev–Trinajstić information content (AvgIpc) is 3.08. The van der Waals surface area contributed by atoms with E-state index < -0.39 is 0 Å². The molecular formula is C21H17BrF2N2. The van der Waals surface area contributed by atoms with Crippen molar-refractivity contribution in [2.24, 2.45) is 0 Å². The quantitative estimate of drug-likeness (QED) is 0.537. The highest BCUT2D eigenvalue weighted by Gasteiger charge is 2.33. The molecule has 1 aliphatic rings. The lowest BCUT2D eigenvalue weighted by Gasteiger charge is -2.33. The molecule has 132 valence electrons. The van der Waals surface area contributed by atoms with E-state index >= 15 is 0 Å². The van der Waals surface area contributed by atoms with Gasteiger partial charge in [0.15, 0.2) is 0 Å². The standard InChI is InChI=1S/C21H17BrF2N2/c22-16-3-1-15(2-4-16)21-25(19-9-5-17(23)6-10-19)13-14-26(21)20-11-7-18(24)8-12-20/h1-12,21H,13-14H2. The SMILES string of the molecule is Fc1ccc(N2CCN(c3ccc(F)cc3)C2c2ccc(Br)cc2)cc1. The molecule has 1 fully saturated rings. The van der Waals surface area contributed by atoms with Crippen LogP contribution in [0.4, 0.5) is 20.2 Å². The summed E-state index contributed by atoms with van der Waals surface area (Å²) in [6.07, 6.45) is -0.0426. The lowest BCUT2D eigenvalue weighted by Crippen LogP contribution is -2.30. The Bertz CT molecular complexity index is 826. The smallest absolute Gasteiger partial charge is 0.128 e. The Hall–Kier alpha value is -2.40. The lowest BCUT2D eigenvalue weighted by atomic mass is 10.1. The van der Waals surface area contributed by atoms with Gasteiger partial charge in [0.1, 0.15) is 17.8 Å². The maximum Gasteiger partial charge on any atom is 0.128 e. The molecule has 0 bridgehead atoms. The van der Waals surface area contributed by atoms with E-state index in [0.29, 0.717) is 0 Å². The van der Waals surface area contributed by atoms with E-state index in [9.17, 15) is 8.78 Å². The predicted octanol–water partition coefficient (Wildman–Crippen LogP) is 5.75. The van der Waals surface area contributed by atoms with Gasteiger partial charge in [-0.2, -0.15) is 0 Å². The molecular weight excluding hydrogens is 398 g/mol. The van der Waals surface area contributed by atoms with Crippen LogP contribution in [-0.4, -0.2) is 13.1 Å². The molecule has 0 saturated carbocycles. The Balaban J connectivity index is 1.75. The van der Waals surface area contributed by atoms with E-state index in [1.54, 1.807) is 24.3 Å². The van der Waals surface area contributed by atoms with Crippen LogP contribution in [0.25, 0.3) is 0 Å². The second-order valence-corrected chi connectivity index (χ2v) is 7.18. The van der Waals surface area contributed by atoms with Crippen LogP contribution in [-0.2, 0) is 0 Å². The molecule has 26 heavy (non-hydrogen) atoms. The Morgan fingerprint density at radius 1 is 0.654 bits per heavy atom. The van der Waals surface area contributed by atoms with Crippen molar-refractivity contribution in [1.29, 1.82) is 0 Å². The minimum Gasteiger partial charge on any atom is -0.346 e. The van der Waals surface area contributed by atoms with E-state index in [-0.39, 0.29) is 17.8 Å². The molecule has 1 saturated heterocycles. The van der Waals surface area contributed by atoms with Gasteiger partial charge < -0.3 is 9.80 Å². The first-order valence-electron chi connectivity index (χ1n) is 8.42. The maximum absolute atomic E-state index is 13.3. The van der Waals surface area contributed by atoms with Gasteiger partial charge in [-0.25, -0.2) is 8.78 Å². The zero-order valence-electron chi connectivity index (χ0n) is 13.9. The van der Waals surface area contributed by atoms with Gasteiger partial charge in [0, 0.05) is 28.9 Å². The Kier molecular flexibility index (Phi) is 4.64. The molecule has 0 N–H and O–H groups in total. The minimum absolute atomic E-state index is 0.0426. The van der Waals surface area contributed by atoms with Gasteiger partial charge in [-0.05, 0) is 66.2 Å². The Morgan fingerprint density at radius 2 is 1.08 bits per heavy atom. The molecule has 5 heteroatoms. The number of nitrogens with zero attached hydrogens (tertiary/aromatic N) is 2. The van der Waals surface area contributed by atoms with Gasteiger partial charge in [0.05, 0.1) is 0 Å². The molecule has 0 aromatic heterocycles. The number of anilines is 2. The third-order valence-corrected chi connectivity index (χ3v) is 5.19. The number of rotatable bonds is 3. The summed E-state index contributed by atoms with van der Waals surface area (Å²) < 4.78 is 27.7. The maximum atomic E-state index is 13.3. The van der Waals surface area contributed by atoms with Gasteiger partial charge in [0.2, 0.25) is 0 Å². The van der Waals surface area contributed by atoms with Gasteiger partial charge in [-0.3, -0.25) is 0 Å². The van der Waals surface area contributed by atoms with Crippen LogP contribution < -0.4 is 9.80 Å². The first-order valence-corrected chi connectivity index (χ1v) is 9.21. The van der Waals surface area contributed by atoms with Crippen LogP contribution in [0, 0.1) is 11.6 Å². The van der Waals surface area contributed by atoms with Crippen LogP contribution >= 0.6 is 15.9 Å². The molecule has 3 aromatic carbocycles. The zero-order valence-corrected chi connectivity index (χ0v) is 15.5. The largest absolute Gasteiger partial charge is 0.346 e. The zero-order chi connectivity index (χ0) is 18.1. The highest BCUT2D eigenvalue weighted by molar-refractivity contribution is 9.10. The van der Waals surface area contributed by atoms with Crippen molar-refractivity contribution in [2.75, 3.05) is 22.9 Å². The highest BCUT2D eigenvalue weighted by Crippen LogP contribution is 2.38. The first-order chi connectivity index (χ1) is 12.6. The molecule has 4 rings (SSSR count). The molecule has 2 nitrogen and oxygen atoms in total. The summed E-state index contributed by atoms with van der Waals surface area (Å²) in [6, 6.07) is 21.3. The number of benzene rings is 3. The fourth-order valence-corrected chi connectivity index (χ4v) is 3.69. The molecule has 0 amide bonds. The third-order valence-electron chi connectivity index (χ3n) is 4.66. The molecule has 1 aliphatic heterocycles. The van der Waals surface area contributed by atoms with Gasteiger partial charge >= 0.3 is 0 Å². The van der Waals surface area contributed by atoms with Crippen molar-refractivity contribution >= 4 is 27.3 Å². The van der Waals surface area contributed by atoms with Crippen molar-refractivity contribution in [3.05, 3.63) is 94.5 Å². The van der Waals surface area contributed by atoms with E-state index in [1.165, 1.54) is 24.3 Å². The second kappa shape index (κ2) is 7.08. The number of halogens is 3. The fourth-order valence-electron chi connectivity index (χ4n) is 3.43. The summed E-state index contributed by atoms with van der Waals surface area (Å²) in [5, 5.41) is 0. The summed E-state index contributed by atoms with van der Waals surface area (Å²) in [7, 11) is 0. The van der Waals surface area contributed by atoms with E-state index in [4.69, 9.17) is 0 Å². The van der Waals surface area contributed by atoms with Crippen molar-refractivity contribution in [1.82, 2.24) is 0 Å². The van der Waals surface area contributed by atoms with Gasteiger partial charge in [-0.15, -0.1) is 0 Å². The van der Waals surface area contributed by atoms with Crippen molar-refractivity contribution in [3.63, 3.8) is 0 Å². The van der Waals surface area contributed by atoms with Gasteiger partial charge in [0.25, 0.3) is 0 Å². The molecule has 1 heterocycles.